The third-order valence-corrected chi connectivity index (χ3v) is 2.62. The molecular formula is C15H26IN3. The molecule has 1 aromatic carbocycles. The predicted molar refractivity (Wildman–Crippen MR) is 94.3 cm³/mol. The van der Waals surface area contributed by atoms with E-state index in [9.17, 15) is 0 Å². The van der Waals surface area contributed by atoms with Gasteiger partial charge in [-0.3, -0.25) is 4.99 Å². The minimum Gasteiger partial charge on any atom is -0.370 e. The summed E-state index contributed by atoms with van der Waals surface area (Å²) in [5, 5.41) is 3.15. The van der Waals surface area contributed by atoms with Crippen LogP contribution in [0.2, 0.25) is 0 Å². The molecule has 0 radical (unpaired) electrons. The van der Waals surface area contributed by atoms with E-state index >= 15 is 0 Å². The van der Waals surface area contributed by atoms with E-state index in [1.54, 1.807) is 0 Å². The minimum absolute atomic E-state index is 0. The zero-order valence-electron chi connectivity index (χ0n) is 12.4. The van der Waals surface area contributed by atoms with Crippen LogP contribution in [0.3, 0.4) is 0 Å². The predicted octanol–water partition coefficient (Wildman–Crippen LogP) is 3.11. The van der Waals surface area contributed by atoms with Gasteiger partial charge in [-0.2, -0.15) is 0 Å². The van der Waals surface area contributed by atoms with Crippen molar-refractivity contribution in [1.82, 2.24) is 5.32 Å². The number of nitrogens with zero attached hydrogens (tertiary/aromatic N) is 1. The number of benzene rings is 1. The Labute approximate surface area is 134 Å². The Morgan fingerprint density at radius 2 is 1.68 bits per heavy atom. The number of nitrogens with two attached hydrogens (primary N) is 1. The summed E-state index contributed by atoms with van der Waals surface area (Å²) in [6.07, 6.45) is 2.01. The molecule has 3 nitrogen and oxygen atoms in total. The molecule has 3 N–H and O–H groups in total. The molecule has 0 bridgehead atoms. The molecule has 0 saturated heterocycles. The van der Waals surface area contributed by atoms with Crippen LogP contribution in [0.25, 0.3) is 0 Å². The van der Waals surface area contributed by atoms with Crippen LogP contribution in [0.15, 0.2) is 29.3 Å². The molecule has 0 aliphatic carbocycles. The molecule has 1 rings (SSSR count). The first-order valence-electron chi connectivity index (χ1n) is 6.56. The Balaban J connectivity index is 0.00000324. The molecule has 0 heterocycles. The second kappa shape index (κ2) is 8.40. The molecule has 1 aromatic rings. The van der Waals surface area contributed by atoms with E-state index in [0.29, 0.717) is 5.96 Å². The van der Waals surface area contributed by atoms with Crippen LogP contribution < -0.4 is 11.1 Å². The van der Waals surface area contributed by atoms with Crippen LogP contribution in [-0.4, -0.2) is 18.0 Å². The SMILES string of the molecule is CCc1ccc(CCN=C(N)NC(C)(C)C)cc1.I. The lowest BCUT2D eigenvalue weighted by Gasteiger charge is -2.20. The standard InChI is InChI=1S/C15H25N3.HI/c1-5-12-6-8-13(9-7-12)10-11-17-14(16)18-15(2,3)4;/h6-9H,5,10-11H2,1-4H3,(H3,16,17,18);1H. The molecule has 108 valence electrons. The van der Waals surface area contributed by atoms with Crippen molar-refractivity contribution in [1.29, 1.82) is 0 Å². The van der Waals surface area contributed by atoms with Crippen molar-refractivity contribution in [2.75, 3.05) is 6.54 Å². The molecule has 0 aliphatic heterocycles. The highest BCUT2D eigenvalue weighted by Gasteiger charge is 2.09. The van der Waals surface area contributed by atoms with Crippen LogP contribution in [-0.2, 0) is 12.8 Å². The highest BCUT2D eigenvalue weighted by molar-refractivity contribution is 14.0. The fourth-order valence-corrected chi connectivity index (χ4v) is 1.67. The lowest BCUT2D eigenvalue weighted by molar-refractivity contribution is 0.508. The first-order valence-corrected chi connectivity index (χ1v) is 6.56. The van der Waals surface area contributed by atoms with Crippen molar-refractivity contribution in [3.63, 3.8) is 0 Å². The van der Waals surface area contributed by atoms with Crippen LogP contribution >= 0.6 is 24.0 Å². The molecule has 0 aliphatic rings. The van der Waals surface area contributed by atoms with Gasteiger partial charge in [-0.25, -0.2) is 0 Å². The largest absolute Gasteiger partial charge is 0.370 e. The topological polar surface area (TPSA) is 50.4 Å². The van der Waals surface area contributed by atoms with E-state index in [2.05, 4.69) is 62.3 Å². The van der Waals surface area contributed by atoms with Gasteiger partial charge < -0.3 is 11.1 Å². The van der Waals surface area contributed by atoms with Crippen molar-refractivity contribution in [3.05, 3.63) is 35.4 Å². The van der Waals surface area contributed by atoms with Gasteiger partial charge in [0.15, 0.2) is 5.96 Å². The van der Waals surface area contributed by atoms with Crippen LogP contribution in [0.4, 0.5) is 0 Å². The number of rotatable bonds is 4. The minimum atomic E-state index is -0.0314. The molecule has 0 saturated carbocycles. The van der Waals surface area contributed by atoms with Gasteiger partial charge in [0.2, 0.25) is 0 Å². The number of nitrogens with one attached hydrogen (secondary N) is 1. The molecular weight excluding hydrogens is 349 g/mol. The van der Waals surface area contributed by atoms with Crippen molar-refractivity contribution in [3.8, 4) is 0 Å². The Hall–Kier alpha value is -0.780. The molecule has 0 unspecified atom stereocenters. The first kappa shape index (κ1) is 18.2. The molecule has 0 fully saturated rings. The summed E-state index contributed by atoms with van der Waals surface area (Å²) < 4.78 is 0. The van der Waals surface area contributed by atoms with Gasteiger partial charge >= 0.3 is 0 Å². The average Bonchev–Trinajstić information content (AvgIpc) is 2.27. The summed E-state index contributed by atoms with van der Waals surface area (Å²) in [4.78, 5) is 4.33. The number of hydrogen-bond donors (Lipinski definition) is 2. The van der Waals surface area contributed by atoms with Crippen LogP contribution in [0.5, 0.6) is 0 Å². The maximum absolute atomic E-state index is 5.81. The van der Waals surface area contributed by atoms with Gasteiger partial charge in [-0.05, 0) is 44.7 Å². The first-order chi connectivity index (χ1) is 8.40. The summed E-state index contributed by atoms with van der Waals surface area (Å²) in [7, 11) is 0. The lowest BCUT2D eigenvalue weighted by Crippen LogP contribution is -2.45. The quantitative estimate of drug-likeness (QED) is 0.483. The lowest BCUT2D eigenvalue weighted by atomic mass is 10.1. The smallest absolute Gasteiger partial charge is 0.188 e. The fraction of sp³-hybridized carbons (Fsp3) is 0.533. The summed E-state index contributed by atoms with van der Waals surface area (Å²) >= 11 is 0. The van der Waals surface area contributed by atoms with E-state index in [1.807, 2.05) is 0 Å². The van der Waals surface area contributed by atoms with Crippen molar-refractivity contribution in [2.24, 2.45) is 10.7 Å². The second-order valence-electron chi connectivity index (χ2n) is 5.56. The van der Waals surface area contributed by atoms with Crippen LogP contribution in [0, 0.1) is 0 Å². The number of aliphatic imine (C=N–C) groups is 1. The zero-order valence-corrected chi connectivity index (χ0v) is 14.7. The fourth-order valence-electron chi connectivity index (χ4n) is 1.67. The summed E-state index contributed by atoms with van der Waals surface area (Å²) in [5.74, 6) is 0.521. The van der Waals surface area contributed by atoms with Crippen molar-refractivity contribution in [2.45, 2.75) is 46.1 Å². The summed E-state index contributed by atoms with van der Waals surface area (Å²) in [5.41, 5.74) is 8.45. The van der Waals surface area contributed by atoms with Gasteiger partial charge in [0.1, 0.15) is 0 Å². The Kier molecular flexibility index (Phi) is 8.06. The highest BCUT2D eigenvalue weighted by Crippen LogP contribution is 2.05. The van der Waals surface area contributed by atoms with Gasteiger partial charge in [0.25, 0.3) is 0 Å². The van der Waals surface area contributed by atoms with Crippen molar-refractivity contribution < 1.29 is 0 Å². The maximum atomic E-state index is 5.81. The summed E-state index contributed by atoms with van der Waals surface area (Å²) in [6, 6.07) is 8.69. The average molecular weight is 375 g/mol. The zero-order chi connectivity index (χ0) is 13.6. The van der Waals surface area contributed by atoms with Gasteiger partial charge in [0.05, 0.1) is 0 Å². The third kappa shape index (κ3) is 8.08. The number of halogens is 1. The summed E-state index contributed by atoms with van der Waals surface area (Å²) in [6.45, 7) is 9.09. The third-order valence-electron chi connectivity index (χ3n) is 2.62. The molecule has 0 aromatic heterocycles. The van der Waals surface area contributed by atoms with Crippen molar-refractivity contribution >= 4 is 29.9 Å². The van der Waals surface area contributed by atoms with Gasteiger partial charge in [-0.15, -0.1) is 24.0 Å². The highest BCUT2D eigenvalue weighted by atomic mass is 127. The van der Waals surface area contributed by atoms with Gasteiger partial charge in [0, 0.05) is 12.1 Å². The molecule has 0 spiro atoms. The Bertz CT molecular complexity index is 391. The van der Waals surface area contributed by atoms with Crippen LogP contribution in [0.1, 0.15) is 38.8 Å². The number of aryl methyl sites for hydroxylation is 1. The normalized spacial score (nSPS) is 11.9. The molecule has 19 heavy (non-hydrogen) atoms. The van der Waals surface area contributed by atoms with E-state index in [0.717, 1.165) is 19.4 Å². The van der Waals surface area contributed by atoms with E-state index in [1.165, 1.54) is 11.1 Å². The second-order valence-corrected chi connectivity index (χ2v) is 5.56. The monoisotopic (exact) mass is 375 g/mol. The molecule has 0 atom stereocenters. The molecule has 4 heteroatoms. The van der Waals surface area contributed by atoms with E-state index < -0.39 is 0 Å². The molecule has 0 amide bonds. The number of guanidine groups is 1. The maximum Gasteiger partial charge on any atom is 0.188 e. The van der Waals surface area contributed by atoms with Gasteiger partial charge in [-0.1, -0.05) is 31.2 Å². The van der Waals surface area contributed by atoms with E-state index in [4.69, 9.17) is 5.73 Å². The number of hydrogen-bond acceptors (Lipinski definition) is 1. The Morgan fingerprint density at radius 3 is 2.16 bits per heavy atom. The van der Waals surface area contributed by atoms with E-state index in [-0.39, 0.29) is 29.5 Å². The Morgan fingerprint density at radius 1 is 1.16 bits per heavy atom.